The molecular weight excluding hydrogens is 384 g/mol. The minimum absolute atomic E-state index is 0.0877. The lowest BCUT2D eigenvalue weighted by Crippen LogP contribution is -2.50. The van der Waals surface area contributed by atoms with Crippen molar-refractivity contribution in [3.8, 4) is 0 Å². The van der Waals surface area contributed by atoms with Gasteiger partial charge in [-0.15, -0.1) is 34.4 Å². The molecule has 0 aliphatic carbocycles. The third-order valence-corrected chi connectivity index (χ3v) is 9.03. The lowest BCUT2D eigenvalue weighted by atomic mass is 10.3. The van der Waals surface area contributed by atoms with E-state index in [1.807, 2.05) is 11.4 Å². The number of hydrogen-bond donors (Lipinski definition) is 0. The molecule has 1 fully saturated rings. The molecule has 0 aromatic carbocycles. The van der Waals surface area contributed by atoms with Gasteiger partial charge < -0.3 is 4.90 Å². The van der Waals surface area contributed by atoms with Gasteiger partial charge in [0.15, 0.2) is 0 Å². The van der Waals surface area contributed by atoms with Crippen LogP contribution >= 0.6 is 34.4 Å². The van der Waals surface area contributed by atoms with E-state index in [1.54, 1.807) is 45.5 Å². The summed E-state index contributed by atoms with van der Waals surface area (Å²) in [5.41, 5.74) is 0. The van der Waals surface area contributed by atoms with E-state index < -0.39 is 10.0 Å². The number of thioether (sulfide) groups is 1. The minimum atomic E-state index is -3.40. The van der Waals surface area contributed by atoms with Gasteiger partial charge in [-0.1, -0.05) is 12.1 Å². The molecule has 0 bridgehead atoms. The Labute approximate surface area is 154 Å². The molecule has 1 amide bonds. The number of thiophene rings is 2. The van der Waals surface area contributed by atoms with Crippen molar-refractivity contribution in [2.75, 3.05) is 31.9 Å². The summed E-state index contributed by atoms with van der Waals surface area (Å²) >= 11 is 4.53. The molecule has 0 spiro atoms. The molecule has 1 saturated heterocycles. The van der Waals surface area contributed by atoms with Crippen molar-refractivity contribution in [1.29, 1.82) is 0 Å². The van der Waals surface area contributed by atoms with Crippen molar-refractivity contribution >= 4 is 50.4 Å². The van der Waals surface area contributed by atoms with E-state index in [4.69, 9.17) is 0 Å². The van der Waals surface area contributed by atoms with Crippen LogP contribution in [0.15, 0.2) is 39.2 Å². The summed E-state index contributed by atoms with van der Waals surface area (Å²) < 4.78 is 26.8. The molecule has 5 nitrogen and oxygen atoms in total. The smallest absolute Gasteiger partial charge is 0.252 e. The first-order valence-electron chi connectivity index (χ1n) is 7.49. The van der Waals surface area contributed by atoms with Crippen molar-refractivity contribution in [1.82, 2.24) is 9.21 Å². The third kappa shape index (κ3) is 4.20. The Hall–Kier alpha value is -0.870. The molecule has 0 N–H and O–H groups in total. The Kier molecular flexibility index (Phi) is 5.98. The summed E-state index contributed by atoms with van der Waals surface area (Å²) in [6.07, 6.45) is 0. The zero-order valence-corrected chi connectivity index (χ0v) is 16.2. The highest BCUT2D eigenvalue weighted by Gasteiger charge is 2.30. The van der Waals surface area contributed by atoms with Gasteiger partial charge in [-0.25, -0.2) is 8.42 Å². The molecule has 1 aliphatic heterocycles. The van der Waals surface area contributed by atoms with Gasteiger partial charge in [0, 0.05) is 36.8 Å². The first-order valence-corrected chi connectivity index (χ1v) is 11.8. The van der Waals surface area contributed by atoms with Crippen LogP contribution in [0.5, 0.6) is 0 Å². The Morgan fingerprint density at radius 2 is 1.79 bits per heavy atom. The molecule has 2 aromatic heterocycles. The molecule has 0 saturated carbocycles. The highest BCUT2D eigenvalue weighted by atomic mass is 32.2. The lowest BCUT2D eigenvalue weighted by Gasteiger charge is -2.33. The minimum Gasteiger partial charge on any atom is -0.339 e. The number of carbonyl (C=O) groups is 1. The zero-order chi connectivity index (χ0) is 17.0. The Bertz CT molecular complexity index is 749. The van der Waals surface area contributed by atoms with Gasteiger partial charge in [0.05, 0.1) is 5.75 Å². The van der Waals surface area contributed by atoms with Crippen molar-refractivity contribution in [2.45, 2.75) is 9.96 Å². The highest BCUT2D eigenvalue weighted by Crippen LogP contribution is 2.22. The molecule has 0 unspecified atom stereocenters. The quantitative estimate of drug-likeness (QED) is 0.745. The summed E-state index contributed by atoms with van der Waals surface area (Å²) in [6.45, 7) is 1.65. The zero-order valence-electron chi connectivity index (χ0n) is 13.0. The molecule has 2 aromatic rings. The highest BCUT2D eigenvalue weighted by molar-refractivity contribution is 7.99. The monoisotopic (exact) mass is 402 g/mol. The Morgan fingerprint density at radius 1 is 1.08 bits per heavy atom. The Balaban J connectivity index is 1.47. The average molecular weight is 403 g/mol. The van der Waals surface area contributed by atoms with Gasteiger partial charge in [0.1, 0.15) is 4.21 Å². The van der Waals surface area contributed by atoms with Crippen LogP contribution in [0, 0.1) is 0 Å². The van der Waals surface area contributed by atoms with Crippen LogP contribution in [0.4, 0.5) is 0 Å². The van der Waals surface area contributed by atoms with Gasteiger partial charge in [0.25, 0.3) is 10.0 Å². The van der Waals surface area contributed by atoms with Crippen LogP contribution in [0.25, 0.3) is 0 Å². The lowest BCUT2D eigenvalue weighted by molar-refractivity contribution is -0.129. The molecule has 0 radical (unpaired) electrons. The van der Waals surface area contributed by atoms with Crippen LogP contribution in [-0.4, -0.2) is 55.5 Å². The first kappa shape index (κ1) is 17.9. The van der Waals surface area contributed by atoms with E-state index in [1.165, 1.54) is 20.5 Å². The summed E-state index contributed by atoms with van der Waals surface area (Å²) in [5, 5.41) is 3.79. The largest absolute Gasteiger partial charge is 0.339 e. The van der Waals surface area contributed by atoms with Crippen molar-refractivity contribution in [3.05, 3.63) is 39.9 Å². The normalized spacial score (nSPS) is 16.4. The maximum Gasteiger partial charge on any atom is 0.252 e. The fourth-order valence-corrected chi connectivity index (χ4v) is 6.77. The number of amides is 1. The van der Waals surface area contributed by atoms with Crippen molar-refractivity contribution in [3.63, 3.8) is 0 Å². The van der Waals surface area contributed by atoms with Crippen LogP contribution in [0.2, 0.25) is 0 Å². The van der Waals surface area contributed by atoms with Crippen LogP contribution in [-0.2, 0) is 20.6 Å². The van der Waals surface area contributed by atoms with Gasteiger partial charge in [-0.3, -0.25) is 4.79 Å². The second-order valence-electron chi connectivity index (χ2n) is 5.29. The first-order chi connectivity index (χ1) is 11.6. The number of nitrogens with zero attached hydrogens (tertiary/aromatic N) is 2. The third-order valence-electron chi connectivity index (χ3n) is 3.73. The average Bonchev–Trinajstić information content (AvgIpc) is 3.29. The van der Waals surface area contributed by atoms with Gasteiger partial charge in [-0.05, 0) is 22.9 Å². The molecule has 1 aliphatic rings. The summed E-state index contributed by atoms with van der Waals surface area (Å²) in [4.78, 5) is 15.3. The molecule has 3 heterocycles. The fraction of sp³-hybridized carbons (Fsp3) is 0.400. The number of rotatable bonds is 6. The van der Waals surface area contributed by atoms with Gasteiger partial charge in [0.2, 0.25) is 5.91 Å². The van der Waals surface area contributed by atoms with Crippen molar-refractivity contribution < 1.29 is 13.2 Å². The number of hydrogen-bond acceptors (Lipinski definition) is 6. The van der Waals surface area contributed by atoms with E-state index in [0.29, 0.717) is 36.1 Å². The molecule has 0 atom stereocenters. The van der Waals surface area contributed by atoms with E-state index in [-0.39, 0.29) is 5.91 Å². The topological polar surface area (TPSA) is 57.7 Å². The molecule has 24 heavy (non-hydrogen) atoms. The maximum absolute atomic E-state index is 12.5. The summed E-state index contributed by atoms with van der Waals surface area (Å²) in [7, 11) is -3.40. The summed E-state index contributed by atoms with van der Waals surface area (Å²) in [6, 6.07) is 7.44. The SMILES string of the molecule is O=C(CSCc1cccs1)N1CCN(S(=O)(=O)c2cccs2)CC1. The van der Waals surface area contributed by atoms with Crippen LogP contribution < -0.4 is 0 Å². The predicted molar refractivity (Wildman–Crippen MR) is 100 cm³/mol. The second kappa shape index (κ2) is 8.01. The van der Waals surface area contributed by atoms with Gasteiger partial charge >= 0.3 is 0 Å². The molecular formula is C15H18N2O3S4. The van der Waals surface area contributed by atoms with E-state index in [9.17, 15) is 13.2 Å². The van der Waals surface area contributed by atoms with Gasteiger partial charge in [-0.2, -0.15) is 4.31 Å². The van der Waals surface area contributed by atoms with E-state index in [0.717, 1.165) is 5.75 Å². The molecule has 3 rings (SSSR count). The molecule has 130 valence electrons. The van der Waals surface area contributed by atoms with Crippen molar-refractivity contribution in [2.24, 2.45) is 0 Å². The maximum atomic E-state index is 12.5. The number of sulfonamides is 1. The second-order valence-corrected chi connectivity index (χ2v) is 10.4. The number of piperazine rings is 1. The van der Waals surface area contributed by atoms with E-state index >= 15 is 0 Å². The van der Waals surface area contributed by atoms with Crippen LogP contribution in [0.3, 0.4) is 0 Å². The predicted octanol–water partition coefficient (Wildman–Crippen LogP) is 2.58. The van der Waals surface area contributed by atoms with Crippen LogP contribution in [0.1, 0.15) is 4.88 Å². The number of carbonyl (C=O) groups excluding carboxylic acids is 1. The summed E-state index contributed by atoms with van der Waals surface area (Å²) in [5.74, 6) is 1.37. The standard InChI is InChI=1S/C15H18N2O3S4/c18-14(12-21-11-13-3-1-9-22-13)16-5-7-17(8-6-16)24(19,20)15-4-2-10-23-15/h1-4,9-10H,5-8,11-12H2. The van der Waals surface area contributed by atoms with E-state index in [2.05, 4.69) is 6.07 Å². The molecule has 9 heteroatoms. The fourth-order valence-electron chi connectivity index (χ4n) is 2.44. The Morgan fingerprint density at radius 3 is 2.42 bits per heavy atom.